The van der Waals surface area contributed by atoms with E-state index in [4.69, 9.17) is 0 Å². The van der Waals surface area contributed by atoms with Crippen LogP contribution in [-0.2, 0) is 0 Å². The Hall–Kier alpha value is -0.180. The second kappa shape index (κ2) is 4.77. The Morgan fingerprint density at radius 2 is 2.27 bits per heavy atom. The van der Waals surface area contributed by atoms with Crippen LogP contribution in [0.5, 0.6) is 0 Å². The average Bonchev–Trinajstić information content (AvgIpc) is 2.94. The number of nitrogens with zero attached hydrogens (tertiary/aromatic N) is 1. The van der Waals surface area contributed by atoms with Crippen LogP contribution in [-0.4, -0.2) is 23.0 Å². The van der Waals surface area contributed by atoms with Crippen LogP contribution in [0.4, 0.5) is 0 Å². The minimum Gasteiger partial charge on any atom is -0.360 e. The van der Waals surface area contributed by atoms with E-state index in [0.29, 0.717) is 0 Å². The van der Waals surface area contributed by atoms with Crippen molar-refractivity contribution in [1.29, 1.82) is 0 Å². The Labute approximate surface area is 97.3 Å². The maximum absolute atomic E-state index is 4.65. The lowest BCUT2D eigenvalue weighted by molar-refractivity contribution is 0.446. The summed E-state index contributed by atoms with van der Waals surface area (Å²) in [6.07, 6.45) is 6.84. The van der Waals surface area contributed by atoms with Crippen LogP contribution >= 0.6 is 11.8 Å². The first-order valence-corrected chi connectivity index (χ1v) is 7.10. The third-order valence-electron chi connectivity index (χ3n) is 3.13. The summed E-state index contributed by atoms with van der Waals surface area (Å²) < 4.78 is 0. The minimum absolute atomic E-state index is 0.251. The van der Waals surface area contributed by atoms with E-state index in [1.165, 1.54) is 43.0 Å². The number of thioether (sulfide) groups is 1. The quantitative estimate of drug-likeness (QED) is 0.745. The molecule has 0 spiro atoms. The molecule has 2 rings (SSSR count). The third kappa shape index (κ3) is 4.06. The molecule has 1 N–H and O–H groups in total. The van der Waals surface area contributed by atoms with Gasteiger partial charge in [0.05, 0.1) is 0 Å². The molecule has 1 aliphatic carbocycles. The third-order valence-corrected chi connectivity index (χ3v) is 4.05. The van der Waals surface area contributed by atoms with Crippen molar-refractivity contribution in [3.63, 3.8) is 0 Å². The summed E-state index contributed by atoms with van der Waals surface area (Å²) in [4.78, 5) is 4.65. The first kappa shape index (κ1) is 11.3. The van der Waals surface area contributed by atoms with Crippen LogP contribution in [0.25, 0.3) is 0 Å². The van der Waals surface area contributed by atoms with Gasteiger partial charge in [-0.1, -0.05) is 24.6 Å². The van der Waals surface area contributed by atoms with E-state index in [0.717, 1.165) is 12.5 Å². The van der Waals surface area contributed by atoms with Crippen molar-refractivity contribution >= 4 is 16.9 Å². The molecule has 0 aromatic heterocycles. The number of nitrogens with one attached hydrogen (secondary N) is 1. The minimum atomic E-state index is 0.251. The molecule has 3 heteroatoms. The Kier molecular flexibility index (Phi) is 3.60. The molecule has 1 heterocycles. The SMILES string of the molecule is CC1(C)CCSC(=NCCCC2CC2)N1. The first-order valence-electron chi connectivity index (χ1n) is 6.11. The Bertz CT molecular complexity index is 244. The second-order valence-electron chi connectivity index (χ2n) is 5.38. The van der Waals surface area contributed by atoms with E-state index in [9.17, 15) is 0 Å². The van der Waals surface area contributed by atoms with Crippen molar-refractivity contribution in [2.24, 2.45) is 10.9 Å². The number of amidine groups is 1. The highest BCUT2D eigenvalue weighted by molar-refractivity contribution is 8.13. The molecule has 0 atom stereocenters. The summed E-state index contributed by atoms with van der Waals surface area (Å²) in [5.41, 5.74) is 0.251. The number of hydrogen-bond acceptors (Lipinski definition) is 2. The monoisotopic (exact) mass is 226 g/mol. The Morgan fingerprint density at radius 1 is 1.47 bits per heavy atom. The summed E-state index contributed by atoms with van der Waals surface area (Å²) >= 11 is 1.88. The highest BCUT2D eigenvalue weighted by Crippen LogP contribution is 2.33. The van der Waals surface area contributed by atoms with Gasteiger partial charge in [-0.05, 0) is 39.0 Å². The van der Waals surface area contributed by atoms with E-state index in [-0.39, 0.29) is 5.54 Å². The topological polar surface area (TPSA) is 24.4 Å². The van der Waals surface area contributed by atoms with Gasteiger partial charge in [0.15, 0.2) is 5.17 Å². The van der Waals surface area contributed by atoms with Gasteiger partial charge in [0.2, 0.25) is 0 Å². The van der Waals surface area contributed by atoms with Crippen molar-refractivity contribution < 1.29 is 0 Å². The fraction of sp³-hybridized carbons (Fsp3) is 0.917. The van der Waals surface area contributed by atoms with Gasteiger partial charge in [-0.3, -0.25) is 4.99 Å². The highest BCUT2D eigenvalue weighted by atomic mass is 32.2. The van der Waals surface area contributed by atoms with Gasteiger partial charge < -0.3 is 5.32 Å². The fourth-order valence-corrected chi connectivity index (χ4v) is 3.18. The van der Waals surface area contributed by atoms with Gasteiger partial charge in [0.1, 0.15) is 0 Å². The lowest BCUT2D eigenvalue weighted by atomic mass is 10.0. The van der Waals surface area contributed by atoms with Crippen molar-refractivity contribution in [3.05, 3.63) is 0 Å². The zero-order valence-corrected chi connectivity index (χ0v) is 10.7. The van der Waals surface area contributed by atoms with Gasteiger partial charge in [0.25, 0.3) is 0 Å². The molecular weight excluding hydrogens is 204 g/mol. The summed E-state index contributed by atoms with van der Waals surface area (Å²) in [5, 5.41) is 4.68. The predicted octanol–water partition coefficient (Wildman–Crippen LogP) is 3.04. The molecule has 1 saturated heterocycles. The normalized spacial score (nSPS) is 27.7. The Balaban J connectivity index is 1.68. The lowest BCUT2D eigenvalue weighted by Gasteiger charge is -2.32. The standard InChI is InChI=1S/C12H22N2S/c1-12(2)7-9-15-11(14-12)13-8-3-4-10-5-6-10/h10H,3-9H2,1-2H3,(H,13,14). The molecule has 1 saturated carbocycles. The summed E-state index contributed by atoms with van der Waals surface area (Å²) in [6, 6.07) is 0. The zero-order valence-electron chi connectivity index (χ0n) is 9.88. The van der Waals surface area contributed by atoms with E-state index in [1.807, 2.05) is 11.8 Å². The lowest BCUT2D eigenvalue weighted by Crippen LogP contribution is -2.46. The van der Waals surface area contributed by atoms with Crippen LogP contribution < -0.4 is 5.32 Å². The van der Waals surface area contributed by atoms with E-state index >= 15 is 0 Å². The van der Waals surface area contributed by atoms with Gasteiger partial charge in [-0.2, -0.15) is 0 Å². The molecule has 2 fully saturated rings. The summed E-state index contributed by atoms with van der Waals surface area (Å²) in [7, 11) is 0. The smallest absolute Gasteiger partial charge is 0.156 e. The van der Waals surface area contributed by atoms with Crippen LogP contribution in [0.2, 0.25) is 0 Å². The number of hydrogen-bond donors (Lipinski definition) is 1. The van der Waals surface area contributed by atoms with Crippen LogP contribution in [0.15, 0.2) is 4.99 Å². The van der Waals surface area contributed by atoms with E-state index in [2.05, 4.69) is 24.2 Å². The van der Waals surface area contributed by atoms with Crippen molar-refractivity contribution in [3.8, 4) is 0 Å². The fourth-order valence-electron chi connectivity index (χ4n) is 1.84. The molecule has 86 valence electrons. The molecule has 0 unspecified atom stereocenters. The van der Waals surface area contributed by atoms with E-state index in [1.54, 1.807) is 0 Å². The summed E-state index contributed by atoms with van der Waals surface area (Å²) in [6.45, 7) is 5.53. The van der Waals surface area contributed by atoms with Crippen LogP contribution in [0.1, 0.15) is 46.0 Å². The molecule has 0 aromatic rings. The maximum atomic E-state index is 4.65. The maximum Gasteiger partial charge on any atom is 0.156 e. The number of rotatable bonds is 4. The van der Waals surface area contributed by atoms with Crippen molar-refractivity contribution in [2.45, 2.75) is 51.5 Å². The molecule has 1 aliphatic heterocycles. The largest absolute Gasteiger partial charge is 0.360 e. The summed E-state index contributed by atoms with van der Waals surface area (Å²) in [5.74, 6) is 2.26. The van der Waals surface area contributed by atoms with Crippen molar-refractivity contribution in [1.82, 2.24) is 5.32 Å². The van der Waals surface area contributed by atoms with Gasteiger partial charge in [-0.25, -0.2) is 0 Å². The highest BCUT2D eigenvalue weighted by Gasteiger charge is 2.24. The van der Waals surface area contributed by atoms with Gasteiger partial charge in [-0.15, -0.1) is 0 Å². The second-order valence-corrected chi connectivity index (χ2v) is 6.46. The number of aliphatic imine (C=N–C) groups is 1. The molecule has 0 radical (unpaired) electrons. The molecule has 0 bridgehead atoms. The molecule has 0 aromatic carbocycles. The molecular formula is C12H22N2S. The molecule has 0 amide bonds. The van der Waals surface area contributed by atoms with Crippen LogP contribution in [0.3, 0.4) is 0 Å². The van der Waals surface area contributed by atoms with Crippen molar-refractivity contribution in [2.75, 3.05) is 12.3 Å². The Morgan fingerprint density at radius 3 is 2.93 bits per heavy atom. The molecule has 15 heavy (non-hydrogen) atoms. The average molecular weight is 226 g/mol. The van der Waals surface area contributed by atoms with Gasteiger partial charge in [0, 0.05) is 17.8 Å². The van der Waals surface area contributed by atoms with Crippen LogP contribution in [0, 0.1) is 5.92 Å². The zero-order chi connectivity index (χ0) is 10.7. The molecule has 2 aliphatic rings. The van der Waals surface area contributed by atoms with E-state index < -0.39 is 0 Å². The van der Waals surface area contributed by atoms with Gasteiger partial charge >= 0.3 is 0 Å². The first-order chi connectivity index (χ1) is 7.16. The molecule has 2 nitrogen and oxygen atoms in total. The predicted molar refractivity (Wildman–Crippen MR) is 68.5 cm³/mol.